The zero-order valence-corrected chi connectivity index (χ0v) is 8.95. The third-order valence-electron chi connectivity index (χ3n) is 2.20. The van der Waals surface area contributed by atoms with Crippen LogP contribution in [0.1, 0.15) is 11.6 Å². The highest BCUT2D eigenvalue weighted by Crippen LogP contribution is 2.23. The van der Waals surface area contributed by atoms with Crippen molar-refractivity contribution >= 4 is 0 Å². The topological polar surface area (TPSA) is 38.1 Å². The minimum Gasteiger partial charge on any atom is -0.439 e. The number of aryl methyl sites for hydroxylation is 1. The summed E-state index contributed by atoms with van der Waals surface area (Å²) in [5.41, 5.74) is 2.01. The molecule has 0 atom stereocenters. The second kappa shape index (κ2) is 4.28. The van der Waals surface area contributed by atoms with Crippen LogP contribution in [0.5, 0.6) is 0 Å². The first-order valence-electron chi connectivity index (χ1n) is 4.97. The van der Waals surface area contributed by atoms with Crippen molar-refractivity contribution in [1.82, 2.24) is 10.3 Å². The summed E-state index contributed by atoms with van der Waals surface area (Å²) < 4.78 is 5.67. The summed E-state index contributed by atoms with van der Waals surface area (Å²) in [4.78, 5) is 4.35. The van der Waals surface area contributed by atoms with Crippen molar-refractivity contribution in [3.63, 3.8) is 0 Å². The van der Waals surface area contributed by atoms with Gasteiger partial charge >= 0.3 is 0 Å². The van der Waals surface area contributed by atoms with Crippen LogP contribution in [0.4, 0.5) is 0 Å². The Labute approximate surface area is 89.1 Å². The Bertz CT molecular complexity index is 434. The SMILES string of the molecule is CNCc1nc(C)c(-c2ccccc2)o1. The van der Waals surface area contributed by atoms with Crippen molar-refractivity contribution in [3.8, 4) is 11.3 Å². The third kappa shape index (κ3) is 2.07. The molecule has 15 heavy (non-hydrogen) atoms. The van der Waals surface area contributed by atoms with E-state index < -0.39 is 0 Å². The zero-order valence-electron chi connectivity index (χ0n) is 8.95. The normalized spacial score (nSPS) is 10.5. The largest absolute Gasteiger partial charge is 0.439 e. The van der Waals surface area contributed by atoms with E-state index in [9.17, 15) is 0 Å². The molecule has 0 aliphatic heterocycles. The van der Waals surface area contributed by atoms with Crippen molar-refractivity contribution in [3.05, 3.63) is 41.9 Å². The molecule has 0 bridgehead atoms. The van der Waals surface area contributed by atoms with Crippen LogP contribution in [0.15, 0.2) is 34.7 Å². The molecule has 0 amide bonds. The minimum absolute atomic E-state index is 0.660. The zero-order chi connectivity index (χ0) is 10.7. The van der Waals surface area contributed by atoms with Gasteiger partial charge in [0.25, 0.3) is 0 Å². The molecule has 0 radical (unpaired) electrons. The molecule has 0 saturated carbocycles. The second-order valence-electron chi connectivity index (χ2n) is 3.42. The van der Waals surface area contributed by atoms with Gasteiger partial charge in [-0.2, -0.15) is 0 Å². The van der Waals surface area contributed by atoms with Gasteiger partial charge in [0.2, 0.25) is 5.89 Å². The molecule has 1 aromatic carbocycles. The Balaban J connectivity index is 2.36. The van der Waals surface area contributed by atoms with Gasteiger partial charge in [-0.25, -0.2) is 4.98 Å². The van der Waals surface area contributed by atoms with E-state index in [2.05, 4.69) is 10.3 Å². The summed E-state index contributed by atoms with van der Waals surface area (Å²) >= 11 is 0. The average Bonchev–Trinajstić information content (AvgIpc) is 2.61. The molecule has 0 unspecified atom stereocenters. The molecule has 0 saturated heterocycles. The van der Waals surface area contributed by atoms with Gasteiger partial charge < -0.3 is 9.73 Å². The molecule has 1 heterocycles. The van der Waals surface area contributed by atoms with E-state index in [-0.39, 0.29) is 0 Å². The van der Waals surface area contributed by atoms with Crippen LogP contribution in [0.2, 0.25) is 0 Å². The van der Waals surface area contributed by atoms with Crippen LogP contribution in [0.25, 0.3) is 11.3 Å². The summed E-state index contributed by atoms with van der Waals surface area (Å²) in [5.74, 6) is 1.59. The molecule has 3 nitrogen and oxygen atoms in total. The van der Waals surface area contributed by atoms with E-state index in [0.29, 0.717) is 6.54 Å². The van der Waals surface area contributed by atoms with Gasteiger partial charge in [0.1, 0.15) is 0 Å². The Morgan fingerprint density at radius 1 is 1.27 bits per heavy atom. The summed E-state index contributed by atoms with van der Waals surface area (Å²) in [7, 11) is 1.88. The predicted molar refractivity (Wildman–Crippen MR) is 59.4 cm³/mol. The summed E-state index contributed by atoms with van der Waals surface area (Å²) in [6.07, 6.45) is 0. The fourth-order valence-electron chi connectivity index (χ4n) is 1.54. The molecule has 1 aromatic heterocycles. The number of nitrogens with one attached hydrogen (secondary N) is 1. The lowest BCUT2D eigenvalue weighted by Gasteiger charge is -1.96. The van der Waals surface area contributed by atoms with Crippen LogP contribution < -0.4 is 5.32 Å². The van der Waals surface area contributed by atoms with Crippen LogP contribution in [-0.2, 0) is 6.54 Å². The smallest absolute Gasteiger partial charge is 0.209 e. The Morgan fingerprint density at radius 2 is 2.00 bits per heavy atom. The number of aromatic nitrogens is 1. The van der Waals surface area contributed by atoms with Crippen LogP contribution in [-0.4, -0.2) is 12.0 Å². The van der Waals surface area contributed by atoms with Crippen molar-refractivity contribution in [1.29, 1.82) is 0 Å². The lowest BCUT2D eigenvalue weighted by atomic mass is 10.1. The second-order valence-corrected chi connectivity index (χ2v) is 3.42. The number of hydrogen-bond acceptors (Lipinski definition) is 3. The molecule has 0 spiro atoms. The van der Waals surface area contributed by atoms with E-state index in [1.54, 1.807) is 0 Å². The standard InChI is InChI=1S/C12H14N2O/c1-9-12(10-6-4-3-5-7-10)15-11(14-9)8-13-2/h3-7,13H,8H2,1-2H3. The maximum absolute atomic E-state index is 5.67. The lowest BCUT2D eigenvalue weighted by molar-refractivity contribution is 0.491. The first-order valence-corrected chi connectivity index (χ1v) is 4.97. The van der Waals surface area contributed by atoms with E-state index in [4.69, 9.17) is 4.42 Å². The minimum atomic E-state index is 0.660. The molecule has 0 fully saturated rings. The fourth-order valence-corrected chi connectivity index (χ4v) is 1.54. The molecule has 1 N–H and O–H groups in total. The van der Waals surface area contributed by atoms with Gasteiger partial charge in [-0.05, 0) is 14.0 Å². The number of nitrogens with zero attached hydrogens (tertiary/aromatic N) is 1. The number of benzene rings is 1. The van der Waals surface area contributed by atoms with Crippen LogP contribution in [0, 0.1) is 6.92 Å². The van der Waals surface area contributed by atoms with Crippen molar-refractivity contribution in [2.24, 2.45) is 0 Å². The average molecular weight is 202 g/mol. The number of hydrogen-bond donors (Lipinski definition) is 1. The van der Waals surface area contributed by atoms with Crippen LogP contribution in [0.3, 0.4) is 0 Å². The van der Waals surface area contributed by atoms with Crippen LogP contribution >= 0.6 is 0 Å². The quantitative estimate of drug-likeness (QED) is 0.830. The Kier molecular flexibility index (Phi) is 2.83. The highest BCUT2D eigenvalue weighted by molar-refractivity contribution is 5.59. The van der Waals surface area contributed by atoms with Gasteiger partial charge in [-0.1, -0.05) is 30.3 Å². The van der Waals surface area contributed by atoms with Crippen molar-refractivity contribution in [2.75, 3.05) is 7.05 Å². The van der Waals surface area contributed by atoms with Gasteiger partial charge in [0.15, 0.2) is 5.76 Å². The van der Waals surface area contributed by atoms with E-state index in [1.165, 1.54) is 0 Å². The summed E-state index contributed by atoms with van der Waals surface area (Å²) in [6, 6.07) is 10.0. The van der Waals surface area contributed by atoms with E-state index >= 15 is 0 Å². The molecule has 78 valence electrons. The third-order valence-corrected chi connectivity index (χ3v) is 2.20. The first kappa shape index (κ1) is 9.93. The van der Waals surface area contributed by atoms with E-state index in [0.717, 1.165) is 22.9 Å². The maximum atomic E-state index is 5.67. The Morgan fingerprint density at radius 3 is 2.67 bits per heavy atom. The van der Waals surface area contributed by atoms with Gasteiger partial charge in [0, 0.05) is 5.56 Å². The predicted octanol–water partition coefficient (Wildman–Crippen LogP) is 2.37. The molecule has 2 aromatic rings. The lowest BCUT2D eigenvalue weighted by Crippen LogP contribution is -2.04. The summed E-state index contributed by atoms with van der Waals surface area (Å²) in [6.45, 7) is 2.62. The Hall–Kier alpha value is -1.61. The fraction of sp³-hybridized carbons (Fsp3) is 0.250. The maximum Gasteiger partial charge on any atom is 0.209 e. The molecular weight excluding hydrogens is 188 g/mol. The molecule has 0 aliphatic carbocycles. The van der Waals surface area contributed by atoms with Gasteiger partial charge in [-0.3, -0.25) is 0 Å². The molecule has 0 aliphatic rings. The highest BCUT2D eigenvalue weighted by Gasteiger charge is 2.10. The van der Waals surface area contributed by atoms with Gasteiger partial charge in [0.05, 0.1) is 12.2 Å². The monoisotopic (exact) mass is 202 g/mol. The summed E-state index contributed by atoms with van der Waals surface area (Å²) in [5, 5.41) is 3.02. The van der Waals surface area contributed by atoms with E-state index in [1.807, 2.05) is 44.3 Å². The van der Waals surface area contributed by atoms with Crippen molar-refractivity contribution < 1.29 is 4.42 Å². The number of oxazole rings is 1. The highest BCUT2D eigenvalue weighted by atomic mass is 16.4. The first-order chi connectivity index (χ1) is 7.31. The van der Waals surface area contributed by atoms with Gasteiger partial charge in [-0.15, -0.1) is 0 Å². The number of rotatable bonds is 3. The molecule has 2 rings (SSSR count). The molecular formula is C12H14N2O. The molecule has 3 heteroatoms. The van der Waals surface area contributed by atoms with Crippen molar-refractivity contribution in [2.45, 2.75) is 13.5 Å².